The molecule has 1 aromatic heterocycles. The molecule has 1 N–H and O–H groups in total. The lowest BCUT2D eigenvalue weighted by Gasteiger charge is -2.25. The summed E-state index contributed by atoms with van der Waals surface area (Å²) < 4.78 is 12.5. The molecule has 0 bridgehead atoms. The van der Waals surface area contributed by atoms with Crippen molar-refractivity contribution in [3.05, 3.63) is 58.4 Å². The quantitative estimate of drug-likeness (QED) is 0.673. The lowest BCUT2D eigenvalue weighted by atomic mass is 9.95. The summed E-state index contributed by atoms with van der Waals surface area (Å²) in [5.41, 5.74) is 1.24. The summed E-state index contributed by atoms with van der Waals surface area (Å²) >= 11 is 0. The van der Waals surface area contributed by atoms with Crippen molar-refractivity contribution >= 4 is 16.8 Å². The van der Waals surface area contributed by atoms with E-state index in [2.05, 4.69) is 15.6 Å². The minimum absolute atomic E-state index is 0.126. The van der Waals surface area contributed by atoms with Crippen LogP contribution in [0.15, 0.2) is 47.3 Å². The molecule has 1 atom stereocenters. The monoisotopic (exact) mass is 408 g/mol. The first-order valence-electron chi connectivity index (χ1n) is 10.0. The van der Waals surface area contributed by atoms with Crippen molar-refractivity contribution in [1.82, 2.24) is 20.3 Å². The number of benzene rings is 2. The van der Waals surface area contributed by atoms with E-state index >= 15 is 0 Å². The van der Waals surface area contributed by atoms with E-state index in [1.165, 1.54) is 4.68 Å². The first-order chi connectivity index (χ1) is 14.5. The van der Waals surface area contributed by atoms with Gasteiger partial charge >= 0.3 is 0 Å². The van der Waals surface area contributed by atoms with Crippen LogP contribution < -0.4 is 20.3 Å². The molecule has 4 rings (SSSR count). The molecule has 156 valence electrons. The van der Waals surface area contributed by atoms with Gasteiger partial charge in [0, 0.05) is 6.42 Å². The molecule has 0 saturated carbocycles. The topological polar surface area (TPSA) is 95.3 Å². The van der Waals surface area contributed by atoms with Crippen LogP contribution in [0.4, 0.5) is 0 Å². The van der Waals surface area contributed by atoms with Crippen LogP contribution in [-0.4, -0.2) is 34.1 Å². The SMILES string of the molecule is CC(C)C(NC(=O)CCn1nnc2ccccc2c1=O)c1ccc2c(c1)OCCO2. The zero-order valence-electron chi connectivity index (χ0n) is 17.0. The molecule has 3 aromatic rings. The van der Waals surface area contributed by atoms with Gasteiger partial charge in [-0.05, 0) is 35.7 Å². The molecule has 0 aliphatic carbocycles. The van der Waals surface area contributed by atoms with Gasteiger partial charge in [0.1, 0.15) is 18.7 Å². The molecule has 0 saturated heterocycles. The standard InChI is InChI=1S/C22H24N4O4/c1-14(2)21(15-7-8-18-19(13-15)30-12-11-29-18)23-20(27)9-10-26-22(28)16-5-3-4-6-17(16)24-25-26/h3-8,13-14,21H,9-12H2,1-2H3,(H,23,27). The second kappa shape index (κ2) is 8.52. The van der Waals surface area contributed by atoms with E-state index in [4.69, 9.17) is 9.47 Å². The van der Waals surface area contributed by atoms with E-state index in [1.807, 2.05) is 32.0 Å². The number of aryl methyl sites for hydroxylation is 1. The fourth-order valence-corrected chi connectivity index (χ4v) is 3.51. The number of rotatable bonds is 6. The number of aromatic nitrogens is 3. The number of hydrogen-bond donors (Lipinski definition) is 1. The second-order valence-corrected chi connectivity index (χ2v) is 7.58. The van der Waals surface area contributed by atoms with Crippen LogP contribution in [0.1, 0.15) is 31.9 Å². The Balaban J connectivity index is 1.45. The van der Waals surface area contributed by atoms with Crippen molar-refractivity contribution in [2.24, 2.45) is 5.92 Å². The Morgan fingerprint density at radius 1 is 1.13 bits per heavy atom. The molecule has 0 fully saturated rings. The first-order valence-corrected chi connectivity index (χ1v) is 10.0. The third-order valence-electron chi connectivity index (χ3n) is 5.09. The van der Waals surface area contributed by atoms with Gasteiger partial charge in [-0.3, -0.25) is 9.59 Å². The molecular formula is C22H24N4O4. The van der Waals surface area contributed by atoms with Crippen LogP contribution in [0.2, 0.25) is 0 Å². The average molecular weight is 408 g/mol. The zero-order valence-corrected chi connectivity index (χ0v) is 17.0. The van der Waals surface area contributed by atoms with E-state index < -0.39 is 0 Å². The van der Waals surface area contributed by atoms with E-state index in [9.17, 15) is 9.59 Å². The van der Waals surface area contributed by atoms with E-state index in [0.717, 1.165) is 5.56 Å². The minimum atomic E-state index is -0.249. The Kier molecular flexibility index (Phi) is 5.65. The van der Waals surface area contributed by atoms with Crippen molar-refractivity contribution in [3.63, 3.8) is 0 Å². The molecule has 8 heteroatoms. The van der Waals surface area contributed by atoms with Gasteiger partial charge in [-0.25, -0.2) is 4.68 Å². The molecule has 0 radical (unpaired) electrons. The van der Waals surface area contributed by atoms with E-state index in [1.54, 1.807) is 24.3 Å². The lowest BCUT2D eigenvalue weighted by Crippen LogP contribution is -2.34. The second-order valence-electron chi connectivity index (χ2n) is 7.58. The van der Waals surface area contributed by atoms with Crippen LogP contribution in [0.25, 0.3) is 10.9 Å². The third-order valence-corrected chi connectivity index (χ3v) is 5.09. The molecular weight excluding hydrogens is 384 g/mol. The van der Waals surface area contributed by atoms with Gasteiger partial charge in [0.15, 0.2) is 11.5 Å². The third kappa shape index (κ3) is 4.12. The Labute approximate surface area is 173 Å². The number of amides is 1. The summed E-state index contributed by atoms with van der Waals surface area (Å²) in [5.74, 6) is 1.41. The number of nitrogens with one attached hydrogen (secondary N) is 1. The number of carbonyl (C=O) groups is 1. The molecule has 2 aromatic carbocycles. The minimum Gasteiger partial charge on any atom is -0.486 e. The molecule has 1 aliphatic heterocycles. The van der Waals surface area contributed by atoms with Gasteiger partial charge in [-0.2, -0.15) is 0 Å². The first kappa shape index (κ1) is 19.9. The molecule has 8 nitrogen and oxygen atoms in total. The van der Waals surface area contributed by atoms with E-state index in [-0.39, 0.29) is 36.4 Å². The number of fused-ring (bicyclic) bond motifs is 2. The fraction of sp³-hybridized carbons (Fsp3) is 0.364. The Morgan fingerprint density at radius 3 is 2.70 bits per heavy atom. The smallest absolute Gasteiger partial charge is 0.277 e. The van der Waals surface area contributed by atoms with Crippen molar-refractivity contribution in [3.8, 4) is 11.5 Å². The summed E-state index contributed by atoms with van der Waals surface area (Å²) in [7, 11) is 0. The van der Waals surface area contributed by atoms with Crippen molar-refractivity contribution < 1.29 is 14.3 Å². The summed E-state index contributed by atoms with van der Waals surface area (Å²) in [6.07, 6.45) is 0.126. The Hall–Kier alpha value is -3.42. The highest BCUT2D eigenvalue weighted by Crippen LogP contribution is 2.34. The lowest BCUT2D eigenvalue weighted by molar-refractivity contribution is -0.122. The van der Waals surface area contributed by atoms with Gasteiger partial charge in [0.05, 0.1) is 18.0 Å². The predicted molar refractivity (Wildman–Crippen MR) is 112 cm³/mol. The zero-order chi connectivity index (χ0) is 21.1. The number of hydrogen-bond acceptors (Lipinski definition) is 6. The highest BCUT2D eigenvalue weighted by Gasteiger charge is 2.21. The maximum Gasteiger partial charge on any atom is 0.277 e. The number of ether oxygens (including phenoxy) is 2. The summed E-state index contributed by atoms with van der Waals surface area (Å²) in [4.78, 5) is 25.2. The predicted octanol–water partition coefficient (Wildman–Crippen LogP) is 2.47. The summed E-state index contributed by atoms with van der Waals surface area (Å²) in [6.45, 7) is 5.29. The van der Waals surface area contributed by atoms with Crippen molar-refractivity contribution in [2.75, 3.05) is 13.2 Å². The Morgan fingerprint density at radius 2 is 1.90 bits per heavy atom. The fourth-order valence-electron chi connectivity index (χ4n) is 3.51. The van der Waals surface area contributed by atoms with Crippen LogP contribution >= 0.6 is 0 Å². The molecule has 2 heterocycles. The van der Waals surface area contributed by atoms with Crippen LogP contribution in [0.3, 0.4) is 0 Å². The normalized spacial score (nSPS) is 14.0. The van der Waals surface area contributed by atoms with Crippen LogP contribution in [0, 0.1) is 5.92 Å². The van der Waals surface area contributed by atoms with Gasteiger partial charge < -0.3 is 14.8 Å². The van der Waals surface area contributed by atoms with Gasteiger partial charge in [-0.15, -0.1) is 5.10 Å². The summed E-state index contributed by atoms with van der Waals surface area (Å²) in [6, 6.07) is 12.6. The molecule has 1 amide bonds. The van der Waals surface area contributed by atoms with Crippen LogP contribution in [-0.2, 0) is 11.3 Å². The molecule has 1 aliphatic rings. The van der Waals surface area contributed by atoms with Crippen molar-refractivity contribution in [1.29, 1.82) is 0 Å². The van der Waals surface area contributed by atoms with Gasteiger partial charge in [-0.1, -0.05) is 37.3 Å². The maximum absolute atomic E-state index is 12.6. The number of nitrogens with zero attached hydrogens (tertiary/aromatic N) is 3. The maximum atomic E-state index is 12.6. The van der Waals surface area contributed by atoms with Crippen molar-refractivity contribution in [2.45, 2.75) is 32.9 Å². The van der Waals surface area contributed by atoms with Gasteiger partial charge in [0.2, 0.25) is 5.91 Å². The highest BCUT2D eigenvalue weighted by molar-refractivity contribution is 5.77. The average Bonchev–Trinajstić information content (AvgIpc) is 2.76. The number of carbonyl (C=O) groups excluding carboxylic acids is 1. The van der Waals surface area contributed by atoms with E-state index in [0.29, 0.717) is 35.6 Å². The molecule has 0 spiro atoms. The molecule has 30 heavy (non-hydrogen) atoms. The molecule has 1 unspecified atom stereocenters. The highest BCUT2D eigenvalue weighted by atomic mass is 16.6. The Bertz CT molecular complexity index is 1130. The largest absolute Gasteiger partial charge is 0.486 e. The van der Waals surface area contributed by atoms with Gasteiger partial charge in [0.25, 0.3) is 5.56 Å². The van der Waals surface area contributed by atoms with Crippen LogP contribution in [0.5, 0.6) is 11.5 Å². The summed E-state index contributed by atoms with van der Waals surface area (Å²) in [5, 5.41) is 11.6.